The van der Waals surface area contributed by atoms with E-state index in [0.717, 1.165) is 12.1 Å². The van der Waals surface area contributed by atoms with Gasteiger partial charge in [-0.2, -0.15) is 5.10 Å². The summed E-state index contributed by atoms with van der Waals surface area (Å²) >= 11 is 6.19. The summed E-state index contributed by atoms with van der Waals surface area (Å²) < 4.78 is 1.65. The summed E-state index contributed by atoms with van der Waals surface area (Å²) in [6.07, 6.45) is 2.25. The summed E-state index contributed by atoms with van der Waals surface area (Å²) in [6, 6.07) is 7.08. The van der Waals surface area contributed by atoms with Crippen molar-refractivity contribution in [1.29, 1.82) is 0 Å². The molecule has 0 aliphatic heterocycles. The molecule has 1 unspecified atom stereocenters. The molecule has 6 heteroatoms. The quantitative estimate of drug-likeness (QED) is 0.852. The fourth-order valence-corrected chi connectivity index (χ4v) is 2.73. The highest BCUT2D eigenvalue weighted by atomic mass is 35.5. The monoisotopic (exact) mass is 335 g/mol. The van der Waals surface area contributed by atoms with Gasteiger partial charge in [-0.3, -0.25) is 4.79 Å². The normalized spacial score (nSPS) is 12.4. The first-order valence-corrected chi connectivity index (χ1v) is 8.03. The summed E-state index contributed by atoms with van der Waals surface area (Å²) in [6.45, 7) is 5.84. The van der Waals surface area contributed by atoms with E-state index in [9.17, 15) is 9.90 Å². The van der Waals surface area contributed by atoms with E-state index in [-0.39, 0.29) is 18.6 Å². The molecule has 5 nitrogen and oxygen atoms in total. The fourth-order valence-electron chi connectivity index (χ4n) is 2.51. The van der Waals surface area contributed by atoms with Crippen molar-refractivity contribution in [2.45, 2.75) is 33.2 Å². The number of benzene rings is 1. The minimum Gasteiger partial charge on any atom is -0.394 e. The average Bonchev–Trinajstić information content (AvgIpc) is 2.88. The number of rotatable bonds is 6. The second kappa shape index (κ2) is 7.62. The Morgan fingerprint density at radius 2 is 2.09 bits per heavy atom. The summed E-state index contributed by atoms with van der Waals surface area (Å²) in [5, 5.41) is 17.1. The molecule has 1 aromatic carbocycles. The molecule has 0 spiro atoms. The minimum absolute atomic E-state index is 0.0817. The van der Waals surface area contributed by atoms with Crippen molar-refractivity contribution < 1.29 is 9.90 Å². The van der Waals surface area contributed by atoms with Crippen LogP contribution in [0.25, 0.3) is 5.69 Å². The summed E-state index contributed by atoms with van der Waals surface area (Å²) in [4.78, 5) is 12.4. The second-order valence-electron chi connectivity index (χ2n) is 5.99. The van der Waals surface area contributed by atoms with E-state index >= 15 is 0 Å². The zero-order chi connectivity index (χ0) is 17.0. The summed E-state index contributed by atoms with van der Waals surface area (Å²) in [5.74, 6) is 0.153. The highest BCUT2D eigenvalue weighted by molar-refractivity contribution is 6.32. The van der Waals surface area contributed by atoms with Crippen molar-refractivity contribution >= 4 is 17.5 Å². The molecular formula is C17H22ClN3O2. The van der Waals surface area contributed by atoms with Crippen LogP contribution >= 0.6 is 11.6 Å². The maximum absolute atomic E-state index is 12.4. The van der Waals surface area contributed by atoms with Crippen LogP contribution in [0.3, 0.4) is 0 Å². The molecule has 1 amide bonds. The van der Waals surface area contributed by atoms with Gasteiger partial charge in [-0.1, -0.05) is 37.6 Å². The van der Waals surface area contributed by atoms with Crippen molar-refractivity contribution in [3.05, 3.63) is 46.7 Å². The predicted molar refractivity (Wildman–Crippen MR) is 91.1 cm³/mol. The lowest BCUT2D eigenvalue weighted by Crippen LogP contribution is -2.38. The van der Waals surface area contributed by atoms with E-state index in [1.54, 1.807) is 10.7 Å². The first-order chi connectivity index (χ1) is 10.9. The number of aliphatic hydroxyl groups excluding tert-OH is 1. The van der Waals surface area contributed by atoms with Gasteiger partial charge < -0.3 is 10.4 Å². The molecule has 23 heavy (non-hydrogen) atoms. The molecule has 1 heterocycles. The van der Waals surface area contributed by atoms with Crippen molar-refractivity contribution in [3.63, 3.8) is 0 Å². The summed E-state index contributed by atoms with van der Waals surface area (Å²) in [5.41, 5.74) is 1.91. The van der Waals surface area contributed by atoms with Crippen molar-refractivity contribution in [3.8, 4) is 5.69 Å². The van der Waals surface area contributed by atoms with E-state index < -0.39 is 0 Å². The molecule has 1 atom stereocenters. The van der Waals surface area contributed by atoms with Crippen molar-refractivity contribution in [1.82, 2.24) is 15.1 Å². The maximum Gasteiger partial charge on any atom is 0.255 e. The Morgan fingerprint density at radius 3 is 2.70 bits per heavy atom. The Hall–Kier alpha value is -1.85. The first kappa shape index (κ1) is 17.5. The molecule has 2 N–H and O–H groups in total. The first-order valence-electron chi connectivity index (χ1n) is 7.65. The molecule has 124 valence electrons. The van der Waals surface area contributed by atoms with Crippen LogP contribution in [0.5, 0.6) is 0 Å². The van der Waals surface area contributed by atoms with Gasteiger partial charge in [0.1, 0.15) is 0 Å². The van der Waals surface area contributed by atoms with E-state index in [0.29, 0.717) is 22.2 Å². The highest BCUT2D eigenvalue weighted by Crippen LogP contribution is 2.22. The minimum atomic E-state index is -0.259. The average molecular weight is 336 g/mol. The van der Waals surface area contributed by atoms with Gasteiger partial charge in [0.2, 0.25) is 0 Å². The lowest BCUT2D eigenvalue weighted by molar-refractivity contribution is 0.0907. The topological polar surface area (TPSA) is 67.2 Å². The zero-order valence-electron chi connectivity index (χ0n) is 13.6. The van der Waals surface area contributed by atoms with Gasteiger partial charge in [-0.15, -0.1) is 0 Å². The number of carbonyl (C=O) groups is 1. The lowest BCUT2D eigenvalue weighted by Gasteiger charge is -2.18. The van der Waals surface area contributed by atoms with Gasteiger partial charge in [0.05, 0.1) is 40.8 Å². The molecule has 0 radical (unpaired) electrons. The lowest BCUT2D eigenvalue weighted by atomic mass is 10.0. The maximum atomic E-state index is 12.4. The Bertz CT molecular complexity index is 682. The van der Waals surface area contributed by atoms with Crippen LogP contribution < -0.4 is 5.32 Å². The van der Waals surface area contributed by atoms with Gasteiger partial charge in [0.25, 0.3) is 5.91 Å². The van der Waals surface area contributed by atoms with Crippen LogP contribution in [0.15, 0.2) is 30.5 Å². The number of carbonyl (C=O) groups excluding carboxylic acids is 1. The van der Waals surface area contributed by atoms with Gasteiger partial charge >= 0.3 is 0 Å². The fraction of sp³-hybridized carbons (Fsp3) is 0.412. The molecule has 0 aliphatic carbocycles. The van der Waals surface area contributed by atoms with Crippen molar-refractivity contribution in [2.75, 3.05) is 6.61 Å². The van der Waals surface area contributed by atoms with Crippen LogP contribution in [-0.4, -0.2) is 33.4 Å². The second-order valence-corrected chi connectivity index (χ2v) is 6.40. The molecule has 0 saturated carbocycles. The Kier molecular flexibility index (Phi) is 5.80. The Morgan fingerprint density at radius 1 is 1.39 bits per heavy atom. The Labute approximate surface area is 141 Å². The number of nitrogens with zero attached hydrogens (tertiary/aromatic N) is 2. The molecule has 2 rings (SSSR count). The zero-order valence-corrected chi connectivity index (χ0v) is 14.3. The van der Waals surface area contributed by atoms with Gasteiger partial charge in [0.15, 0.2) is 0 Å². The third-order valence-corrected chi connectivity index (χ3v) is 3.97. The standard InChI is InChI=1S/C17H22ClN3O2/c1-11(2)8-13(10-22)20-17(23)14-9-19-21(12(14)3)16-7-5-4-6-15(16)18/h4-7,9,11,13,22H,8,10H2,1-3H3,(H,20,23). The van der Waals surface area contributed by atoms with Crippen LogP contribution in [0, 0.1) is 12.8 Å². The predicted octanol–water partition coefficient (Wildman–Crippen LogP) is 2.97. The largest absolute Gasteiger partial charge is 0.394 e. The SMILES string of the molecule is Cc1c(C(=O)NC(CO)CC(C)C)cnn1-c1ccccc1Cl. The van der Waals surface area contributed by atoms with E-state index in [1.165, 1.54) is 6.20 Å². The molecule has 0 bridgehead atoms. The molecular weight excluding hydrogens is 314 g/mol. The number of para-hydroxylation sites is 1. The number of hydrogen-bond acceptors (Lipinski definition) is 3. The van der Waals surface area contributed by atoms with E-state index in [1.807, 2.05) is 25.1 Å². The molecule has 0 aliphatic rings. The number of nitrogens with one attached hydrogen (secondary N) is 1. The van der Waals surface area contributed by atoms with Crippen LogP contribution in [0.1, 0.15) is 36.3 Å². The van der Waals surface area contributed by atoms with E-state index in [4.69, 9.17) is 11.6 Å². The third kappa shape index (κ3) is 4.12. The van der Waals surface area contributed by atoms with Crippen LogP contribution in [0.2, 0.25) is 5.02 Å². The molecule has 1 aromatic heterocycles. The highest BCUT2D eigenvalue weighted by Gasteiger charge is 2.19. The number of amides is 1. The number of halogens is 1. The molecule has 0 saturated heterocycles. The number of aromatic nitrogens is 2. The van der Waals surface area contributed by atoms with E-state index in [2.05, 4.69) is 24.3 Å². The Balaban J connectivity index is 2.22. The van der Waals surface area contributed by atoms with Crippen molar-refractivity contribution in [2.24, 2.45) is 5.92 Å². The number of hydrogen-bond donors (Lipinski definition) is 2. The van der Waals surface area contributed by atoms with Gasteiger partial charge in [-0.05, 0) is 31.4 Å². The molecule has 0 fully saturated rings. The van der Waals surface area contributed by atoms with Gasteiger partial charge in [-0.25, -0.2) is 4.68 Å². The smallest absolute Gasteiger partial charge is 0.255 e. The van der Waals surface area contributed by atoms with Gasteiger partial charge in [0, 0.05) is 0 Å². The number of aliphatic hydroxyl groups is 1. The summed E-state index contributed by atoms with van der Waals surface area (Å²) in [7, 11) is 0. The van der Waals surface area contributed by atoms with Crippen LogP contribution in [0.4, 0.5) is 0 Å². The third-order valence-electron chi connectivity index (χ3n) is 3.65. The van der Waals surface area contributed by atoms with Crippen LogP contribution in [-0.2, 0) is 0 Å². The molecule has 2 aromatic rings.